The number of aromatic nitrogens is 1. The SMILES string of the molecule is CN=C(NCCc1c[nH]c2cc(C)ccc12)NCCN1CCOCC1.I. The van der Waals surface area contributed by atoms with E-state index in [9.17, 15) is 0 Å². The number of aryl methyl sites for hydroxylation is 1. The van der Waals surface area contributed by atoms with Crippen LogP contribution in [0.5, 0.6) is 0 Å². The topological polar surface area (TPSA) is 64.7 Å². The summed E-state index contributed by atoms with van der Waals surface area (Å²) in [5.41, 5.74) is 3.83. The summed E-state index contributed by atoms with van der Waals surface area (Å²) in [4.78, 5) is 10.1. The Balaban J connectivity index is 0.00000243. The zero-order chi connectivity index (χ0) is 17.5. The predicted molar refractivity (Wildman–Crippen MR) is 119 cm³/mol. The Hall–Kier alpha value is -1.32. The number of morpholine rings is 1. The molecule has 0 aliphatic carbocycles. The molecule has 3 rings (SSSR count). The standard InChI is InChI=1S/C19H29N5O.HI/c1-15-3-4-17-16(14-23-18(17)13-15)5-6-21-19(20-2)22-7-8-24-9-11-25-12-10-24;/h3-4,13-14,23H,5-12H2,1-2H3,(H2,20,21,22);1H. The monoisotopic (exact) mass is 471 g/mol. The minimum Gasteiger partial charge on any atom is -0.379 e. The number of halogens is 1. The highest BCUT2D eigenvalue weighted by Gasteiger charge is 2.09. The van der Waals surface area contributed by atoms with Gasteiger partial charge in [-0.2, -0.15) is 0 Å². The lowest BCUT2D eigenvalue weighted by Gasteiger charge is -2.26. The fourth-order valence-electron chi connectivity index (χ4n) is 3.20. The third kappa shape index (κ3) is 5.85. The van der Waals surface area contributed by atoms with E-state index in [1.165, 1.54) is 22.0 Å². The first-order valence-corrected chi connectivity index (χ1v) is 9.07. The minimum atomic E-state index is 0. The zero-order valence-corrected chi connectivity index (χ0v) is 18.0. The second-order valence-electron chi connectivity index (χ2n) is 6.49. The molecule has 3 N–H and O–H groups in total. The summed E-state index contributed by atoms with van der Waals surface area (Å²) in [5, 5.41) is 8.10. The molecule has 0 atom stereocenters. The minimum absolute atomic E-state index is 0. The number of H-pyrrole nitrogens is 1. The molecule has 1 aliphatic rings. The van der Waals surface area contributed by atoms with Gasteiger partial charge in [0.15, 0.2) is 5.96 Å². The highest BCUT2D eigenvalue weighted by molar-refractivity contribution is 14.0. The van der Waals surface area contributed by atoms with E-state index in [2.05, 4.69) is 56.8 Å². The summed E-state index contributed by atoms with van der Waals surface area (Å²) >= 11 is 0. The van der Waals surface area contributed by atoms with E-state index in [1.54, 1.807) is 0 Å². The Labute approximate surface area is 172 Å². The molecule has 1 aromatic carbocycles. The van der Waals surface area contributed by atoms with Gasteiger partial charge >= 0.3 is 0 Å². The summed E-state index contributed by atoms with van der Waals surface area (Å²) in [5.74, 6) is 0.865. The largest absolute Gasteiger partial charge is 0.379 e. The molecular formula is C19H30IN5O. The van der Waals surface area contributed by atoms with Gasteiger partial charge in [-0.25, -0.2) is 0 Å². The van der Waals surface area contributed by atoms with Gasteiger partial charge in [-0.3, -0.25) is 9.89 Å². The molecule has 1 fully saturated rings. The first-order chi connectivity index (χ1) is 12.3. The molecule has 144 valence electrons. The average molecular weight is 471 g/mol. The number of fused-ring (bicyclic) bond motifs is 1. The highest BCUT2D eigenvalue weighted by Crippen LogP contribution is 2.19. The van der Waals surface area contributed by atoms with Crippen LogP contribution in [0.25, 0.3) is 10.9 Å². The van der Waals surface area contributed by atoms with Gasteiger partial charge in [0, 0.05) is 56.9 Å². The predicted octanol–water partition coefficient (Wildman–Crippen LogP) is 2.13. The van der Waals surface area contributed by atoms with Crippen molar-refractivity contribution in [1.82, 2.24) is 20.5 Å². The van der Waals surface area contributed by atoms with Crippen molar-refractivity contribution in [2.75, 3.05) is 53.0 Å². The molecule has 1 saturated heterocycles. The number of rotatable bonds is 6. The summed E-state index contributed by atoms with van der Waals surface area (Å²) in [6.45, 7) is 8.62. The number of nitrogens with zero attached hydrogens (tertiary/aromatic N) is 2. The lowest BCUT2D eigenvalue weighted by atomic mass is 10.1. The van der Waals surface area contributed by atoms with Crippen LogP contribution in [-0.4, -0.2) is 68.8 Å². The molecule has 1 aliphatic heterocycles. The van der Waals surface area contributed by atoms with Crippen molar-refractivity contribution < 1.29 is 4.74 Å². The molecule has 26 heavy (non-hydrogen) atoms. The Bertz CT molecular complexity index is 709. The molecule has 6 nitrogen and oxygen atoms in total. The lowest BCUT2D eigenvalue weighted by molar-refractivity contribution is 0.0389. The van der Waals surface area contributed by atoms with Gasteiger partial charge in [-0.15, -0.1) is 24.0 Å². The van der Waals surface area contributed by atoms with Gasteiger partial charge in [0.25, 0.3) is 0 Å². The van der Waals surface area contributed by atoms with Crippen LogP contribution in [0.3, 0.4) is 0 Å². The third-order valence-corrected chi connectivity index (χ3v) is 4.66. The number of nitrogens with one attached hydrogen (secondary N) is 3. The van der Waals surface area contributed by atoms with Crippen molar-refractivity contribution >= 4 is 40.8 Å². The van der Waals surface area contributed by atoms with Crippen LogP contribution in [0.2, 0.25) is 0 Å². The molecular weight excluding hydrogens is 441 g/mol. The first kappa shape index (κ1) is 21.0. The molecule has 0 bridgehead atoms. The number of guanidine groups is 1. The molecule has 2 aromatic rings. The number of ether oxygens (including phenoxy) is 1. The van der Waals surface area contributed by atoms with Crippen LogP contribution < -0.4 is 10.6 Å². The van der Waals surface area contributed by atoms with Crippen molar-refractivity contribution in [3.63, 3.8) is 0 Å². The molecule has 0 spiro atoms. The van der Waals surface area contributed by atoms with E-state index in [1.807, 2.05) is 7.05 Å². The van der Waals surface area contributed by atoms with Gasteiger partial charge in [0.2, 0.25) is 0 Å². The van der Waals surface area contributed by atoms with E-state index in [-0.39, 0.29) is 24.0 Å². The Morgan fingerprint density at radius 2 is 2.00 bits per heavy atom. The van der Waals surface area contributed by atoms with Crippen LogP contribution in [0.15, 0.2) is 29.4 Å². The quantitative estimate of drug-likeness (QED) is 0.343. The molecule has 2 heterocycles. The smallest absolute Gasteiger partial charge is 0.191 e. The molecule has 7 heteroatoms. The van der Waals surface area contributed by atoms with Crippen LogP contribution in [0, 0.1) is 6.92 Å². The summed E-state index contributed by atoms with van der Waals surface area (Å²) < 4.78 is 5.37. The molecule has 0 radical (unpaired) electrons. The maximum Gasteiger partial charge on any atom is 0.191 e. The molecule has 0 amide bonds. The van der Waals surface area contributed by atoms with Crippen LogP contribution in [-0.2, 0) is 11.2 Å². The summed E-state index contributed by atoms with van der Waals surface area (Å²) in [6.07, 6.45) is 3.08. The fraction of sp³-hybridized carbons (Fsp3) is 0.526. The van der Waals surface area contributed by atoms with Gasteiger partial charge < -0.3 is 20.4 Å². The van der Waals surface area contributed by atoms with E-state index >= 15 is 0 Å². The fourth-order valence-corrected chi connectivity index (χ4v) is 3.20. The van der Waals surface area contributed by atoms with Crippen molar-refractivity contribution in [1.29, 1.82) is 0 Å². The van der Waals surface area contributed by atoms with E-state index in [0.717, 1.165) is 58.3 Å². The number of hydrogen-bond donors (Lipinski definition) is 3. The number of hydrogen-bond acceptors (Lipinski definition) is 3. The molecule has 0 saturated carbocycles. The maximum absolute atomic E-state index is 5.37. The lowest BCUT2D eigenvalue weighted by Crippen LogP contribution is -2.44. The second kappa shape index (κ2) is 10.7. The average Bonchev–Trinajstić information content (AvgIpc) is 3.03. The van der Waals surface area contributed by atoms with Crippen molar-refractivity contribution in [3.8, 4) is 0 Å². The van der Waals surface area contributed by atoms with E-state index in [4.69, 9.17) is 4.74 Å². The van der Waals surface area contributed by atoms with Crippen LogP contribution in [0.1, 0.15) is 11.1 Å². The zero-order valence-electron chi connectivity index (χ0n) is 15.7. The summed E-state index contributed by atoms with van der Waals surface area (Å²) in [7, 11) is 1.82. The summed E-state index contributed by atoms with van der Waals surface area (Å²) in [6, 6.07) is 6.56. The van der Waals surface area contributed by atoms with Crippen molar-refractivity contribution in [2.45, 2.75) is 13.3 Å². The maximum atomic E-state index is 5.37. The van der Waals surface area contributed by atoms with E-state index in [0.29, 0.717) is 0 Å². The van der Waals surface area contributed by atoms with Gasteiger partial charge in [0.05, 0.1) is 13.2 Å². The van der Waals surface area contributed by atoms with Crippen molar-refractivity contribution in [3.05, 3.63) is 35.5 Å². The first-order valence-electron chi connectivity index (χ1n) is 9.07. The van der Waals surface area contributed by atoms with Gasteiger partial charge in [-0.1, -0.05) is 12.1 Å². The second-order valence-corrected chi connectivity index (χ2v) is 6.49. The van der Waals surface area contributed by atoms with E-state index < -0.39 is 0 Å². The molecule has 1 aromatic heterocycles. The number of aliphatic imine (C=N–C) groups is 1. The Morgan fingerprint density at radius 3 is 2.77 bits per heavy atom. The van der Waals surface area contributed by atoms with Gasteiger partial charge in [0.1, 0.15) is 0 Å². The van der Waals surface area contributed by atoms with Crippen LogP contribution in [0.4, 0.5) is 0 Å². The van der Waals surface area contributed by atoms with Gasteiger partial charge in [-0.05, 0) is 30.5 Å². The Kier molecular flexibility index (Phi) is 8.67. The molecule has 0 unspecified atom stereocenters. The van der Waals surface area contributed by atoms with Crippen molar-refractivity contribution in [2.24, 2.45) is 4.99 Å². The Morgan fingerprint density at radius 1 is 1.23 bits per heavy atom. The highest BCUT2D eigenvalue weighted by atomic mass is 127. The third-order valence-electron chi connectivity index (χ3n) is 4.66. The normalized spacial score (nSPS) is 15.7. The number of benzene rings is 1. The number of aromatic amines is 1. The van der Waals surface area contributed by atoms with Crippen LogP contribution >= 0.6 is 24.0 Å².